The summed E-state index contributed by atoms with van der Waals surface area (Å²) in [6, 6.07) is 2.59. The van der Waals surface area contributed by atoms with Gasteiger partial charge in [0.25, 0.3) is 0 Å². The first-order chi connectivity index (χ1) is 9.00. The largest absolute Gasteiger partial charge is 0.477 e. The molecule has 0 saturated heterocycles. The summed E-state index contributed by atoms with van der Waals surface area (Å²) < 4.78 is 15.4. The third-order valence-electron chi connectivity index (χ3n) is 3.08. The molecule has 0 unspecified atom stereocenters. The Balaban J connectivity index is 2.51. The van der Waals surface area contributed by atoms with Gasteiger partial charge in [-0.2, -0.15) is 4.39 Å². The molecule has 1 N–H and O–H groups in total. The molecule has 2 aromatic rings. The second-order valence-electron chi connectivity index (χ2n) is 4.41. The molecule has 0 aliphatic heterocycles. The average molecular weight is 283 g/mol. The maximum absolute atomic E-state index is 14.2. The van der Waals surface area contributed by atoms with Gasteiger partial charge >= 0.3 is 5.97 Å². The van der Waals surface area contributed by atoms with Crippen LogP contribution >= 0.6 is 11.6 Å². The highest BCUT2D eigenvalue weighted by Crippen LogP contribution is 2.37. The third-order valence-corrected chi connectivity index (χ3v) is 3.30. The lowest BCUT2D eigenvalue weighted by Gasteiger charge is -2.12. The molecule has 98 valence electrons. The highest BCUT2D eigenvalue weighted by atomic mass is 35.5. The lowest BCUT2D eigenvalue weighted by Crippen LogP contribution is -2.23. The molecule has 0 bridgehead atoms. The van der Waals surface area contributed by atoms with Crippen LogP contribution in [0.15, 0.2) is 16.9 Å². The number of nitrogens with zero attached hydrogens (tertiary/aromatic N) is 2. The van der Waals surface area contributed by atoms with Crippen LogP contribution in [0.4, 0.5) is 4.39 Å². The van der Waals surface area contributed by atoms with Crippen LogP contribution in [0.25, 0.3) is 11.0 Å². The third kappa shape index (κ3) is 1.79. The molecular weight excluding hydrogens is 275 g/mol. The Morgan fingerprint density at radius 1 is 1.47 bits per heavy atom. The number of carboxylic acids is 1. The molecule has 3 rings (SSSR count). The van der Waals surface area contributed by atoms with E-state index in [1.54, 1.807) is 0 Å². The van der Waals surface area contributed by atoms with Gasteiger partial charge in [0.2, 0.25) is 11.4 Å². The summed E-state index contributed by atoms with van der Waals surface area (Å²) in [6.45, 7) is 0. The number of rotatable bonds is 2. The second-order valence-corrected chi connectivity index (χ2v) is 4.79. The van der Waals surface area contributed by atoms with Gasteiger partial charge in [-0.25, -0.2) is 9.78 Å². The predicted octanol–water partition coefficient (Wildman–Crippen LogP) is 2.22. The van der Waals surface area contributed by atoms with Crippen LogP contribution in [-0.4, -0.2) is 20.6 Å². The molecule has 1 aliphatic rings. The lowest BCUT2D eigenvalue weighted by atomic mass is 10.2. The molecule has 5 nitrogen and oxygen atoms in total. The number of pyridine rings is 2. The van der Waals surface area contributed by atoms with Gasteiger partial charge in [-0.1, -0.05) is 11.6 Å². The number of carbonyl (C=O) groups is 1. The Kier molecular flexibility index (Phi) is 2.56. The van der Waals surface area contributed by atoms with E-state index in [-0.39, 0.29) is 22.2 Å². The number of hydrogen-bond acceptors (Lipinski definition) is 3. The van der Waals surface area contributed by atoms with Gasteiger partial charge < -0.3 is 5.11 Å². The van der Waals surface area contributed by atoms with Crippen molar-refractivity contribution in [2.75, 3.05) is 0 Å². The van der Waals surface area contributed by atoms with Crippen LogP contribution in [0.3, 0.4) is 0 Å². The number of halogens is 2. The van der Waals surface area contributed by atoms with E-state index in [0.717, 1.165) is 17.4 Å². The molecule has 0 aromatic carbocycles. The minimum absolute atomic E-state index is 0.0649. The van der Waals surface area contributed by atoms with Crippen molar-refractivity contribution < 1.29 is 14.3 Å². The standard InChI is InChI=1S/C12H8ClFN2O3/c13-7-4-3-6-9(17)8(12(18)19)10(14)16(5-1-2-5)11(6)15-7/h3-5H,1-2H2,(H,18,19). The summed E-state index contributed by atoms with van der Waals surface area (Å²) in [5, 5.41) is 9.18. The van der Waals surface area contributed by atoms with E-state index in [0.29, 0.717) is 0 Å². The molecular formula is C12H8ClFN2O3. The van der Waals surface area contributed by atoms with E-state index in [9.17, 15) is 14.0 Å². The number of fused-ring (bicyclic) bond motifs is 1. The predicted molar refractivity (Wildman–Crippen MR) is 66.2 cm³/mol. The molecule has 0 radical (unpaired) electrons. The van der Waals surface area contributed by atoms with E-state index >= 15 is 0 Å². The number of hydrogen-bond donors (Lipinski definition) is 1. The van der Waals surface area contributed by atoms with E-state index in [1.165, 1.54) is 12.1 Å². The van der Waals surface area contributed by atoms with E-state index in [2.05, 4.69) is 4.98 Å². The second kappa shape index (κ2) is 4.03. The summed E-state index contributed by atoms with van der Waals surface area (Å²) in [5.41, 5.74) is -1.62. The Labute approximate surface area is 111 Å². The van der Waals surface area contributed by atoms with Crippen LogP contribution in [0.2, 0.25) is 5.15 Å². The normalized spacial score (nSPS) is 14.8. The smallest absolute Gasteiger partial charge is 0.344 e. The van der Waals surface area contributed by atoms with Crippen LogP contribution in [0, 0.1) is 5.95 Å². The monoisotopic (exact) mass is 282 g/mol. The first-order valence-corrected chi connectivity index (χ1v) is 6.02. The van der Waals surface area contributed by atoms with Crippen LogP contribution in [-0.2, 0) is 0 Å². The molecule has 2 heterocycles. The zero-order valence-electron chi connectivity index (χ0n) is 9.56. The van der Waals surface area contributed by atoms with Gasteiger partial charge in [0, 0.05) is 6.04 Å². The molecule has 19 heavy (non-hydrogen) atoms. The van der Waals surface area contributed by atoms with Crippen molar-refractivity contribution in [3.05, 3.63) is 39.0 Å². The van der Waals surface area contributed by atoms with Crippen molar-refractivity contribution in [2.24, 2.45) is 0 Å². The van der Waals surface area contributed by atoms with Crippen molar-refractivity contribution in [3.8, 4) is 0 Å². The van der Waals surface area contributed by atoms with Crippen molar-refractivity contribution in [1.82, 2.24) is 9.55 Å². The van der Waals surface area contributed by atoms with Crippen molar-refractivity contribution in [3.63, 3.8) is 0 Å². The summed E-state index contributed by atoms with van der Waals surface area (Å²) in [4.78, 5) is 27.0. The Hall–Kier alpha value is -1.95. The SMILES string of the molecule is O=C(O)c1c(F)n(C2CC2)c2nc(Cl)ccc2c1=O. The van der Waals surface area contributed by atoms with Gasteiger partial charge in [0.1, 0.15) is 10.8 Å². The minimum Gasteiger partial charge on any atom is -0.477 e. The zero-order chi connectivity index (χ0) is 13.7. The summed E-state index contributed by atoms with van der Waals surface area (Å²) in [6.07, 6.45) is 1.45. The molecule has 7 heteroatoms. The van der Waals surface area contributed by atoms with Gasteiger partial charge in [-0.3, -0.25) is 9.36 Å². The highest BCUT2D eigenvalue weighted by molar-refractivity contribution is 6.29. The lowest BCUT2D eigenvalue weighted by molar-refractivity contribution is 0.0688. The minimum atomic E-state index is -1.58. The van der Waals surface area contributed by atoms with Crippen molar-refractivity contribution in [1.29, 1.82) is 0 Å². The average Bonchev–Trinajstić information content (AvgIpc) is 3.12. The number of carboxylic acid groups (broad SMARTS) is 1. The van der Waals surface area contributed by atoms with Crippen molar-refractivity contribution >= 4 is 28.6 Å². The summed E-state index contributed by atoms with van der Waals surface area (Å²) in [7, 11) is 0. The Bertz CT molecular complexity index is 768. The fraction of sp³-hybridized carbons (Fsp3) is 0.250. The molecule has 1 saturated carbocycles. The van der Waals surface area contributed by atoms with Crippen LogP contribution in [0.5, 0.6) is 0 Å². The van der Waals surface area contributed by atoms with Crippen LogP contribution in [0.1, 0.15) is 29.2 Å². The molecule has 1 aliphatic carbocycles. The zero-order valence-corrected chi connectivity index (χ0v) is 10.3. The first-order valence-electron chi connectivity index (χ1n) is 5.64. The van der Waals surface area contributed by atoms with E-state index in [1.807, 2.05) is 0 Å². The summed E-state index contributed by atoms with van der Waals surface area (Å²) >= 11 is 5.76. The maximum atomic E-state index is 14.2. The molecule has 0 amide bonds. The van der Waals surface area contributed by atoms with Crippen LogP contribution < -0.4 is 5.43 Å². The first kappa shape index (κ1) is 12.1. The van der Waals surface area contributed by atoms with Gasteiger partial charge in [-0.15, -0.1) is 0 Å². The fourth-order valence-corrected chi connectivity index (χ4v) is 2.22. The highest BCUT2D eigenvalue weighted by Gasteiger charge is 2.32. The van der Waals surface area contributed by atoms with Gasteiger partial charge in [0.05, 0.1) is 5.39 Å². The Morgan fingerprint density at radius 3 is 2.74 bits per heavy atom. The van der Waals surface area contributed by atoms with Gasteiger partial charge in [-0.05, 0) is 25.0 Å². The van der Waals surface area contributed by atoms with E-state index in [4.69, 9.17) is 16.7 Å². The maximum Gasteiger partial charge on any atom is 0.344 e. The molecule has 0 atom stereocenters. The molecule has 0 spiro atoms. The quantitative estimate of drug-likeness (QED) is 0.857. The fourth-order valence-electron chi connectivity index (χ4n) is 2.08. The number of aromatic carboxylic acids is 1. The topological polar surface area (TPSA) is 72.2 Å². The summed E-state index contributed by atoms with van der Waals surface area (Å²) in [5.74, 6) is -2.63. The van der Waals surface area contributed by atoms with Gasteiger partial charge in [0.15, 0.2) is 5.56 Å². The molecule has 2 aromatic heterocycles. The van der Waals surface area contributed by atoms with Crippen molar-refractivity contribution in [2.45, 2.75) is 18.9 Å². The molecule has 1 fully saturated rings. The number of aromatic nitrogens is 2. The Morgan fingerprint density at radius 2 is 2.16 bits per heavy atom. The van der Waals surface area contributed by atoms with E-state index < -0.39 is 22.9 Å².